The molecule has 1 fully saturated rings. The van der Waals surface area contributed by atoms with Crippen LogP contribution in [0.5, 0.6) is 0 Å². The number of carbonyl (C=O) groups is 2. The van der Waals surface area contributed by atoms with Gasteiger partial charge in [-0.15, -0.1) is 0 Å². The molecule has 0 aromatic heterocycles. The van der Waals surface area contributed by atoms with Crippen molar-refractivity contribution in [2.75, 3.05) is 13.1 Å². The van der Waals surface area contributed by atoms with Gasteiger partial charge in [-0.1, -0.05) is 18.2 Å². The summed E-state index contributed by atoms with van der Waals surface area (Å²) in [6, 6.07) is 13.3. The van der Waals surface area contributed by atoms with Gasteiger partial charge in [0.05, 0.1) is 30.8 Å². The summed E-state index contributed by atoms with van der Waals surface area (Å²) < 4.78 is 13.4. The Kier molecular flexibility index (Phi) is 4.81. The third-order valence-corrected chi connectivity index (χ3v) is 4.37. The third kappa shape index (κ3) is 3.33. The number of hydrogen-bond donors (Lipinski definition) is 1. The van der Waals surface area contributed by atoms with Crippen LogP contribution in [0.2, 0.25) is 0 Å². The van der Waals surface area contributed by atoms with Gasteiger partial charge in [0.1, 0.15) is 12.2 Å². The van der Waals surface area contributed by atoms with Crippen molar-refractivity contribution in [1.29, 1.82) is 10.5 Å². The van der Waals surface area contributed by atoms with Gasteiger partial charge in [-0.05, 0) is 29.0 Å². The fourth-order valence-corrected chi connectivity index (χ4v) is 3.09. The van der Waals surface area contributed by atoms with Crippen LogP contribution < -0.4 is 5.32 Å². The first-order chi connectivity index (χ1) is 12.5. The number of likely N-dealkylation sites (tertiary alicyclic amines) is 1. The largest absolute Gasteiger partial charge is 0.343 e. The highest BCUT2D eigenvalue weighted by Gasteiger charge is 2.35. The van der Waals surface area contributed by atoms with Crippen LogP contribution in [0, 0.1) is 22.7 Å². The molecule has 1 heterocycles. The summed E-state index contributed by atoms with van der Waals surface area (Å²) in [6.07, 6.45) is -1.22. The summed E-state index contributed by atoms with van der Waals surface area (Å²) >= 11 is 0. The van der Waals surface area contributed by atoms with Crippen LogP contribution in [0.25, 0.3) is 10.8 Å². The lowest BCUT2D eigenvalue weighted by Crippen LogP contribution is -2.42. The minimum atomic E-state index is -1.22. The van der Waals surface area contributed by atoms with Gasteiger partial charge in [-0.2, -0.15) is 10.5 Å². The zero-order chi connectivity index (χ0) is 18.7. The van der Waals surface area contributed by atoms with E-state index >= 15 is 0 Å². The lowest BCUT2D eigenvalue weighted by atomic mass is 10.0. The topological polar surface area (TPSA) is 97.0 Å². The van der Waals surface area contributed by atoms with Crippen molar-refractivity contribution in [3.8, 4) is 12.1 Å². The monoisotopic (exact) mass is 350 g/mol. The summed E-state index contributed by atoms with van der Waals surface area (Å²) in [5.41, 5.74) is 0.865. The van der Waals surface area contributed by atoms with Crippen LogP contribution in [0.4, 0.5) is 4.39 Å². The van der Waals surface area contributed by atoms with Crippen LogP contribution in [0.3, 0.4) is 0 Å². The van der Waals surface area contributed by atoms with E-state index in [1.807, 2.05) is 12.1 Å². The number of nitriles is 2. The van der Waals surface area contributed by atoms with Gasteiger partial charge in [-0.25, -0.2) is 4.39 Å². The van der Waals surface area contributed by atoms with Gasteiger partial charge in [0.15, 0.2) is 0 Å². The van der Waals surface area contributed by atoms with Crippen molar-refractivity contribution in [2.24, 2.45) is 0 Å². The molecule has 0 bridgehead atoms. The molecule has 7 heteroatoms. The van der Waals surface area contributed by atoms with E-state index in [-0.39, 0.29) is 19.5 Å². The molecule has 2 atom stereocenters. The molecule has 1 aliphatic rings. The quantitative estimate of drug-likeness (QED) is 0.914. The smallest absolute Gasteiger partial charge is 0.252 e. The molecule has 6 nitrogen and oxygen atoms in total. The van der Waals surface area contributed by atoms with Crippen LogP contribution in [-0.2, 0) is 4.79 Å². The lowest BCUT2D eigenvalue weighted by molar-refractivity contribution is -0.130. The summed E-state index contributed by atoms with van der Waals surface area (Å²) in [4.78, 5) is 25.8. The highest BCUT2D eigenvalue weighted by Crippen LogP contribution is 2.21. The normalized spacial score (nSPS) is 19.0. The Bertz CT molecular complexity index is 960. The van der Waals surface area contributed by atoms with Crippen LogP contribution in [0.1, 0.15) is 22.3 Å². The Balaban J connectivity index is 1.73. The minimum Gasteiger partial charge on any atom is -0.343 e. The van der Waals surface area contributed by atoms with E-state index in [0.29, 0.717) is 16.5 Å². The number of fused-ring (bicyclic) bond motifs is 1. The number of halogens is 1. The van der Waals surface area contributed by atoms with E-state index in [1.165, 1.54) is 0 Å². The van der Waals surface area contributed by atoms with Gasteiger partial charge in [0, 0.05) is 12.0 Å². The summed E-state index contributed by atoms with van der Waals surface area (Å²) in [5.74, 6) is -0.935. The maximum Gasteiger partial charge on any atom is 0.252 e. The van der Waals surface area contributed by atoms with Crippen LogP contribution in [0.15, 0.2) is 36.4 Å². The second-order valence-electron chi connectivity index (χ2n) is 6.06. The summed E-state index contributed by atoms with van der Waals surface area (Å²) in [7, 11) is 0. The molecule has 1 aliphatic heterocycles. The molecular weight excluding hydrogens is 335 g/mol. The number of nitrogens with zero attached hydrogens (tertiary/aromatic N) is 3. The number of rotatable bonds is 3. The van der Waals surface area contributed by atoms with E-state index in [4.69, 9.17) is 10.5 Å². The zero-order valence-corrected chi connectivity index (χ0v) is 13.8. The molecule has 1 N–H and O–H groups in total. The molecule has 130 valence electrons. The van der Waals surface area contributed by atoms with Gasteiger partial charge >= 0.3 is 0 Å². The molecular formula is C19H15FN4O2. The Hall–Kier alpha value is -3.45. The van der Waals surface area contributed by atoms with Gasteiger partial charge in [-0.3, -0.25) is 9.59 Å². The summed E-state index contributed by atoms with van der Waals surface area (Å²) in [6.45, 7) is -0.436. The van der Waals surface area contributed by atoms with Crippen molar-refractivity contribution >= 4 is 22.6 Å². The summed E-state index contributed by atoms with van der Waals surface area (Å²) in [5, 5.41) is 21.9. The minimum absolute atomic E-state index is 0.000729. The molecule has 0 spiro atoms. The molecule has 2 aromatic rings. The van der Waals surface area contributed by atoms with Crippen LogP contribution in [-0.4, -0.2) is 42.0 Å². The molecule has 1 saturated heterocycles. The SMILES string of the molecule is N#Cc1ccc2c(C(=O)NCC(=O)N3CC(F)CC3C#N)cccc2c1. The van der Waals surface area contributed by atoms with Gasteiger partial charge < -0.3 is 10.2 Å². The Morgan fingerprint density at radius 3 is 2.81 bits per heavy atom. The molecule has 0 saturated carbocycles. The maximum atomic E-state index is 13.4. The number of nitrogens with one attached hydrogen (secondary N) is 1. The van der Waals surface area contributed by atoms with Gasteiger partial charge in [0.2, 0.25) is 5.91 Å². The highest BCUT2D eigenvalue weighted by molar-refractivity contribution is 6.08. The first-order valence-corrected chi connectivity index (χ1v) is 8.07. The first-order valence-electron chi connectivity index (χ1n) is 8.07. The van der Waals surface area contributed by atoms with Crippen LogP contribution >= 0.6 is 0 Å². The molecule has 2 aromatic carbocycles. The maximum absolute atomic E-state index is 13.4. The van der Waals surface area contributed by atoms with Crippen molar-refractivity contribution in [3.63, 3.8) is 0 Å². The standard InChI is InChI=1S/C19H15FN4O2/c20-14-7-15(9-22)24(11-14)18(25)10-23-19(26)17-3-1-2-13-6-12(8-21)4-5-16(13)17/h1-6,14-15H,7,10-11H2,(H,23,26). The number of carbonyl (C=O) groups excluding carboxylic acids is 2. The third-order valence-electron chi connectivity index (χ3n) is 4.37. The predicted molar refractivity (Wildman–Crippen MR) is 91.6 cm³/mol. The Morgan fingerprint density at radius 1 is 1.27 bits per heavy atom. The first kappa shape index (κ1) is 17.4. The predicted octanol–water partition coefficient (Wildman–Crippen LogP) is 1.90. The fraction of sp³-hybridized carbons (Fsp3) is 0.263. The van der Waals surface area contributed by atoms with Gasteiger partial charge in [0.25, 0.3) is 5.91 Å². The second-order valence-corrected chi connectivity index (χ2v) is 6.06. The van der Waals surface area contributed by atoms with E-state index in [2.05, 4.69) is 5.32 Å². The molecule has 0 aliphatic carbocycles. The molecule has 0 radical (unpaired) electrons. The van der Waals surface area contributed by atoms with E-state index in [0.717, 1.165) is 10.3 Å². The second kappa shape index (κ2) is 7.20. The van der Waals surface area contributed by atoms with Crippen molar-refractivity contribution in [3.05, 3.63) is 47.5 Å². The average Bonchev–Trinajstić information content (AvgIpc) is 3.05. The Labute approximate surface area is 149 Å². The van der Waals surface area contributed by atoms with E-state index in [9.17, 15) is 14.0 Å². The van der Waals surface area contributed by atoms with Crippen molar-refractivity contribution < 1.29 is 14.0 Å². The Morgan fingerprint density at radius 2 is 2.08 bits per heavy atom. The number of alkyl halides is 1. The van der Waals surface area contributed by atoms with E-state index < -0.39 is 24.0 Å². The number of benzene rings is 2. The van der Waals surface area contributed by atoms with Crippen molar-refractivity contribution in [1.82, 2.24) is 10.2 Å². The highest BCUT2D eigenvalue weighted by atomic mass is 19.1. The van der Waals surface area contributed by atoms with Crippen molar-refractivity contribution in [2.45, 2.75) is 18.6 Å². The lowest BCUT2D eigenvalue weighted by Gasteiger charge is -2.19. The molecule has 2 amide bonds. The molecule has 3 rings (SSSR count). The van der Waals surface area contributed by atoms with E-state index in [1.54, 1.807) is 36.4 Å². The number of amides is 2. The number of hydrogen-bond acceptors (Lipinski definition) is 4. The fourth-order valence-electron chi connectivity index (χ4n) is 3.09. The zero-order valence-electron chi connectivity index (χ0n) is 13.8. The molecule has 26 heavy (non-hydrogen) atoms. The average molecular weight is 350 g/mol. The molecule has 2 unspecified atom stereocenters.